The largest absolute Gasteiger partial charge is 0.492 e. The molecule has 3 rings (SSSR count). The van der Waals surface area contributed by atoms with Gasteiger partial charge in [0.15, 0.2) is 0 Å². The Morgan fingerprint density at radius 1 is 1.10 bits per heavy atom. The number of ether oxygens (including phenoxy) is 1. The predicted molar refractivity (Wildman–Crippen MR) is 106 cm³/mol. The number of nitrogens with zero attached hydrogens (tertiary/aromatic N) is 3. The first-order valence-electron chi connectivity index (χ1n) is 9.10. The maximum Gasteiger partial charge on any atom is 0.239 e. The Bertz CT molecular complexity index is 956. The third-order valence-corrected chi connectivity index (χ3v) is 4.14. The quantitative estimate of drug-likeness (QED) is 0.630. The van der Waals surface area contributed by atoms with Gasteiger partial charge in [-0.1, -0.05) is 0 Å². The van der Waals surface area contributed by atoms with Crippen molar-refractivity contribution < 1.29 is 18.3 Å². The van der Waals surface area contributed by atoms with Gasteiger partial charge >= 0.3 is 0 Å². The number of aromatic nitrogens is 2. The molecular formula is C21H22F2N4O2. The second-order valence-electron chi connectivity index (χ2n) is 6.65. The lowest BCUT2D eigenvalue weighted by atomic mass is 10.3. The minimum Gasteiger partial charge on any atom is -0.492 e. The number of hydrogen-bond acceptors (Lipinski definition) is 4. The molecule has 6 nitrogen and oxygen atoms in total. The van der Waals surface area contributed by atoms with E-state index in [1.807, 2.05) is 11.8 Å². The minimum absolute atomic E-state index is 0.153. The first-order valence-corrected chi connectivity index (χ1v) is 9.10. The first kappa shape index (κ1) is 20.5. The lowest BCUT2D eigenvalue weighted by Crippen LogP contribution is -2.33. The van der Waals surface area contributed by atoms with Crippen LogP contribution in [0.25, 0.3) is 5.69 Å². The maximum atomic E-state index is 13.2. The Kier molecular flexibility index (Phi) is 6.56. The van der Waals surface area contributed by atoms with Crippen LogP contribution in [0.5, 0.6) is 5.75 Å². The van der Waals surface area contributed by atoms with Gasteiger partial charge in [-0.05, 0) is 62.5 Å². The van der Waals surface area contributed by atoms with Crippen LogP contribution in [0, 0.1) is 18.6 Å². The van der Waals surface area contributed by atoms with Gasteiger partial charge < -0.3 is 10.1 Å². The molecule has 29 heavy (non-hydrogen) atoms. The Labute approximate surface area is 167 Å². The van der Waals surface area contributed by atoms with Crippen molar-refractivity contribution in [3.8, 4) is 11.4 Å². The van der Waals surface area contributed by atoms with Gasteiger partial charge in [0.2, 0.25) is 5.91 Å². The molecule has 0 radical (unpaired) electrons. The summed E-state index contributed by atoms with van der Waals surface area (Å²) in [5, 5.41) is 7.18. The molecule has 0 unspecified atom stereocenters. The van der Waals surface area contributed by atoms with E-state index >= 15 is 0 Å². The van der Waals surface area contributed by atoms with E-state index in [4.69, 9.17) is 4.74 Å². The van der Waals surface area contributed by atoms with Gasteiger partial charge in [0.25, 0.3) is 0 Å². The summed E-state index contributed by atoms with van der Waals surface area (Å²) in [6.07, 6.45) is 0. The van der Waals surface area contributed by atoms with Crippen molar-refractivity contribution in [2.24, 2.45) is 0 Å². The van der Waals surface area contributed by atoms with Gasteiger partial charge in [0.05, 0.1) is 17.9 Å². The molecule has 3 aromatic rings. The normalized spacial score (nSPS) is 10.9. The van der Waals surface area contributed by atoms with E-state index in [-0.39, 0.29) is 24.1 Å². The highest BCUT2D eigenvalue weighted by Gasteiger charge is 2.13. The van der Waals surface area contributed by atoms with Crippen LogP contribution in [0.2, 0.25) is 0 Å². The average Bonchev–Trinajstić information content (AvgIpc) is 3.04. The zero-order valence-electron chi connectivity index (χ0n) is 16.2. The van der Waals surface area contributed by atoms with Crippen LogP contribution in [0.4, 0.5) is 14.6 Å². The maximum absolute atomic E-state index is 13.2. The highest BCUT2D eigenvalue weighted by molar-refractivity contribution is 5.91. The fourth-order valence-corrected chi connectivity index (χ4v) is 2.72. The Morgan fingerprint density at radius 3 is 2.38 bits per heavy atom. The standard InChI is InChI=1S/C21H22F2N4O2/c1-15-13-20(27(25-15)18-7-3-16(22)4-8-18)24-21(28)14-26(2)11-12-29-19-9-5-17(23)6-10-19/h3-10,13H,11-12,14H2,1-2H3,(H,24,28). The molecule has 0 aliphatic heterocycles. The second kappa shape index (κ2) is 9.29. The van der Waals surface area contributed by atoms with Crippen molar-refractivity contribution in [3.05, 3.63) is 71.9 Å². The summed E-state index contributed by atoms with van der Waals surface area (Å²) >= 11 is 0. The number of anilines is 1. The van der Waals surface area contributed by atoms with Crippen molar-refractivity contribution in [3.63, 3.8) is 0 Å². The molecule has 0 spiro atoms. The number of amides is 1. The molecule has 1 N–H and O–H groups in total. The molecule has 0 aliphatic carbocycles. The summed E-state index contributed by atoms with van der Waals surface area (Å²) < 4.78 is 33.1. The molecule has 8 heteroatoms. The number of likely N-dealkylation sites (N-methyl/N-ethyl adjacent to an activating group) is 1. The van der Waals surface area contributed by atoms with E-state index in [0.717, 1.165) is 5.69 Å². The highest BCUT2D eigenvalue weighted by Crippen LogP contribution is 2.17. The average molecular weight is 400 g/mol. The first-order chi connectivity index (χ1) is 13.9. The molecular weight excluding hydrogens is 378 g/mol. The fourth-order valence-electron chi connectivity index (χ4n) is 2.72. The molecule has 0 bridgehead atoms. The van der Waals surface area contributed by atoms with Crippen molar-refractivity contribution in [1.82, 2.24) is 14.7 Å². The number of halogens is 2. The summed E-state index contributed by atoms with van der Waals surface area (Å²) in [5.74, 6) is 0.212. The summed E-state index contributed by atoms with van der Waals surface area (Å²) in [4.78, 5) is 14.2. The number of carbonyl (C=O) groups excluding carboxylic acids is 1. The van der Waals surface area contributed by atoms with Crippen molar-refractivity contribution >= 4 is 11.7 Å². The number of rotatable bonds is 8. The molecule has 1 aromatic heterocycles. The van der Waals surface area contributed by atoms with E-state index in [0.29, 0.717) is 30.4 Å². The number of carbonyl (C=O) groups is 1. The van der Waals surface area contributed by atoms with E-state index < -0.39 is 0 Å². The second-order valence-corrected chi connectivity index (χ2v) is 6.65. The Balaban J connectivity index is 1.52. The summed E-state index contributed by atoms with van der Waals surface area (Å²) in [6, 6.07) is 13.4. The van der Waals surface area contributed by atoms with Crippen molar-refractivity contribution in [2.75, 3.05) is 32.1 Å². The zero-order valence-corrected chi connectivity index (χ0v) is 16.2. The van der Waals surface area contributed by atoms with Crippen LogP contribution in [0.15, 0.2) is 54.6 Å². The van der Waals surface area contributed by atoms with E-state index in [1.165, 1.54) is 24.3 Å². The monoisotopic (exact) mass is 400 g/mol. The molecule has 1 heterocycles. The lowest BCUT2D eigenvalue weighted by molar-refractivity contribution is -0.117. The van der Waals surface area contributed by atoms with Crippen molar-refractivity contribution in [2.45, 2.75) is 6.92 Å². The smallest absolute Gasteiger partial charge is 0.239 e. The van der Waals surface area contributed by atoms with Gasteiger partial charge in [-0.15, -0.1) is 0 Å². The number of aryl methyl sites for hydroxylation is 1. The van der Waals surface area contributed by atoms with Gasteiger partial charge in [-0.25, -0.2) is 13.5 Å². The highest BCUT2D eigenvalue weighted by atomic mass is 19.1. The summed E-state index contributed by atoms with van der Waals surface area (Å²) in [6.45, 7) is 2.85. The number of hydrogen-bond donors (Lipinski definition) is 1. The van der Waals surface area contributed by atoms with Crippen LogP contribution in [0.3, 0.4) is 0 Å². The Hall–Kier alpha value is -3.26. The van der Waals surface area contributed by atoms with Crippen LogP contribution in [-0.4, -0.2) is 47.3 Å². The molecule has 1 amide bonds. The molecule has 0 fully saturated rings. The number of nitrogens with one attached hydrogen (secondary N) is 1. The minimum atomic E-state index is -0.340. The van der Waals surface area contributed by atoms with Gasteiger partial charge in [0.1, 0.15) is 29.8 Å². The summed E-state index contributed by atoms with van der Waals surface area (Å²) in [5.41, 5.74) is 1.38. The zero-order chi connectivity index (χ0) is 20.8. The predicted octanol–water partition coefficient (Wildman–Crippen LogP) is 3.41. The van der Waals surface area contributed by atoms with Gasteiger partial charge in [-0.2, -0.15) is 5.10 Å². The van der Waals surface area contributed by atoms with E-state index in [2.05, 4.69) is 10.4 Å². The van der Waals surface area contributed by atoms with Crippen LogP contribution < -0.4 is 10.1 Å². The Morgan fingerprint density at radius 2 is 1.72 bits per heavy atom. The molecule has 0 saturated heterocycles. The topological polar surface area (TPSA) is 59.4 Å². The number of benzene rings is 2. The van der Waals surface area contributed by atoms with E-state index in [9.17, 15) is 13.6 Å². The molecule has 152 valence electrons. The third kappa shape index (κ3) is 5.86. The van der Waals surface area contributed by atoms with Crippen molar-refractivity contribution in [1.29, 1.82) is 0 Å². The van der Waals surface area contributed by atoms with Crippen LogP contribution in [-0.2, 0) is 4.79 Å². The van der Waals surface area contributed by atoms with Crippen LogP contribution >= 0.6 is 0 Å². The van der Waals surface area contributed by atoms with E-state index in [1.54, 1.807) is 42.1 Å². The fraction of sp³-hybridized carbons (Fsp3) is 0.238. The molecule has 2 aromatic carbocycles. The molecule has 0 aliphatic rings. The SMILES string of the molecule is Cc1cc(NC(=O)CN(C)CCOc2ccc(F)cc2)n(-c2ccc(F)cc2)n1. The van der Waals surface area contributed by atoms with Crippen LogP contribution in [0.1, 0.15) is 5.69 Å². The van der Waals surface area contributed by atoms with Gasteiger partial charge in [-0.3, -0.25) is 9.69 Å². The van der Waals surface area contributed by atoms with Gasteiger partial charge in [0, 0.05) is 12.6 Å². The third-order valence-electron chi connectivity index (χ3n) is 4.14. The molecule has 0 atom stereocenters. The molecule has 0 saturated carbocycles. The lowest BCUT2D eigenvalue weighted by Gasteiger charge is -2.17. The summed E-state index contributed by atoms with van der Waals surface area (Å²) in [7, 11) is 1.80.